The van der Waals surface area contributed by atoms with Gasteiger partial charge in [-0.05, 0) is 80.1 Å². The van der Waals surface area contributed by atoms with Crippen LogP contribution in [0.1, 0.15) is 44.1 Å². The number of hydrogen-bond donors (Lipinski definition) is 1. The molecule has 1 amide bonds. The summed E-state index contributed by atoms with van der Waals surface area (Å²) >= 11 is 1.61. The number of nitrogens with one attached hydrogen (secondary N) is 1. The molecule has 1 N–H and O–H groups in total. The molecule has 28 heavy (non-hydrogen) atoms. The number of thiazole rings is 1. The van der Waals surface area contributed by atoms with Crippen molar-refractivity contribution in [1.82, 2.24) is 15.2 Å². The standard InChI is InChI=1S/C22H24N4OS/c1-26-20(27)18(7-13-2-3-17-19(8-13)28-12-23-17)24-21(26)25-22-9-14-4-15(10-22)6-16(5-14)11-22/h2-3,7-8,12,14-16H,4-6,9-11H2,1H3,(H,24,25)/b18-7-. The van der Waals surface area contributed by atoms with Gasteiger partial charge in [0.1, 0.15) is 5.70 Å². The Morgan fingerprint density at radius 2 is 1.89 bits per heavy atom. The Balaban J connectivity index is 1.29. The zero-order valence-corrected chi connectivity index (χ0v) is 16.8. The maximum absolute atomic E-state index is 12.8. The van der Waals surface area contributed by atoms with Gasteiger partial charge in [-0.3, -0.25) is 9.69 Å². The number of nitrogens with zero attached hydrogens (tertiary/aromatic N) is 3. The summed E-state index contributed by atoms with van der Waals surface area (Å²) < 4.78 is 1.13. The number of hydrogen-bond acceptors (Lipinski definition) is 5. The minimum atomic E-state index is -0.0309. The van der Waals surface area contributed by atoms with Gasteiger partial charge in [0.05, 0.1) is 15.7 Å². The Kier molecular flexibility index (Phi) is 3.52. The first-order valence-corrected chi connectivity index (χ1v) is 11.1. The lowest BCUT2D eigenvalue weighted by atomic mass is 9.53. The van der Waals surface area contributed by atoms with Crippen molar-refractivity contribution in [3.63, 3.8) is 0 Å². The maximum atomic E-state index is 12.8. The lowest BCUT2D eigenvalue weighted by Crippen LogP contribution is -2.61. The van der Waals surface area contributed by atoms with Crippen molar-refractivity contribution in [1.29, 1.82) is 0 Å². The third kappa shape index (κ3) is 2.61. The van der Waals surface area contributed by atoms with E-state index in [9.17, 15) is 4.79 Å². The Bertz CT molecular complexity index is 1000. The van der Waals surface area contributed by atoms with E-state index in [2.05, 4.69) is 16.4 Å². The molecule has 0 radical (unpaired) electrons. The largest absolute Gasteiger partial charge is 0.350 e. The predicted octanol–water partition coefficient (Wildman–Crippen LogP) is 4.02. The molecule has 7 rings (SSSR count). The van der Waals surface area contributed by atoms with Crippen molar-refractivity contribution in [3.05, 3.63) is 35.0 Å². The number of carbonyl (C=O) groups excluding carboxylic acids is 1. The number of aromatic nitrogens is 1. The molecule has 1 aliphatic heterocycles. The number of guanidine groups is 1. The summed E-state index contributed by atoms with van der Waals surface area (Å²) in [4.78, 5) is 23.5. The van der Waals surface area contributed by atoms with Crippen LogP contribution in [-0.4, -0.2) is 34.3 Å². The lowest BCUT2D eigenvalue weighted by molar-refractivity contribution is -0.121. The molecule has 4 bridgehead atoms. The van der Waals surface area contributed by atoms with Gasteiger partial charge in [-0.25, -0.2) is 9.98 Å². The summed E-state index contributed by atoms with van der Waals surface area (Å²) in [6, 6.07) is 6.08. The van der Waals surface area contributed by atoms with Gasteiger partial charge in [0.25, 0.3) is 5.91 Å². The average Bonchev–Trinajstić information content (AvgIpc) is 3.21. The fourth-order valence-electron chi connectivity index (χ4n) is 6.33. The molecule has 1 aromatic carbocycles. The summed E-state index contributed by atoms with van der Waals surface area (Å²) in [5.74, 6) is 3.29. The summed E-state index contributed by atoms with van der Waals surface area (Å²) in [6.07, 6.45) is 9.84. The molecule has 5 nitrogen and oxygen atoms in total. The van der Waals surface area contributed by atoms with Crippen LogP contribution in [0.15, 0.2) is 34.4 Å². The highest BCUT2D eigenvalue weighted by Crippen LogP contribution is 2.55. The van der Waals surface area contributed by atoms with E-state index >= 15 is 0 Å². The van der Waals surface area contributed by atoms with Crippen molar-refractivity contribution in [3.8, 4) is 0 Å². The number of rotatable bonds is 2. The van der Waals surface area contributed by atoms with Crippen LogP contribution in [0.2, 0.25) is 0 Å². The molecular weight excluding hydrogens is 368 g/mol. The second-order valence-corrected chi connectivity index (χ2v) is 10.1. The highest BCUT2D eigenvalue weighted by Gasteiger charge is 2.52. The van der Waals surface area contributed by atoms with Crippen molar-refractivity contribution in [2.75, 3.05) is 7.05 Å². The molecule has 0 atom stereocenters. The van der Waals surface area contributed by atoms with Gasteiger partial charge in [-0.15, -0.1) is 11.3 Å². The van der Waals surface area contributed by atoms with E-state index in [0.29, 0.717) is 5.70 Å². The van der Waals surface area contributed by atoms with Gasteiger partial charge >= 0.3 is 0 Å². The van der Waals surface area contributed by atoms with Gasteiger partial charge in [-0.1, -0.05) is 6.07 Å². The zero-order chi connectivity index (χ0) is 18.9. The third-order valence-corrected chi connectivity index (χ3v) is 7.93. The van der Waals surface area contributed by atoms with E-state index in [4.69, 9.17) is 4.99 Å². The Labute approximate surface area is 168 Å². The molecule has 2 aromatic rings. The van der Waals surface area contributed by atoms with E-state index in [0.717, 1.165) is 39.5 Å². The van der Waals surface area contributed by atoms with Gasteiger partial charge < -0.3 is 5.32 Å². The first-order chi connectivity index (χ1) is 13.6. The molecule has 1 aromatic heterocycles. The maximum Gasteiger partial charge on any atom is 0.279 e. The fraction of sp³-hybridized carbons (Fsp3) is 0.500. The van der Waals surface area contributed by atoms with Crippen LogP contribution < -0.4 is 5.32 Å². The number of aliphatic imine (C=N–C) groups is 1. The molecule has 0 saturated heterocycles. The minimum Gasteiger partial charge on any atom is -0.350 e. The quantitative estimate of drug-likeness (QED) is 0.785. The van der Waals surface area contributed by atoms with Crippen LogP contribution >= 0.6 is 11.3 Å². The van der Waals surface area contributed by atoms with Crippen LogP contribution in [0.4, 0.5) is 0 Å². The van der Waals surface area contributed by atoms with E-state index in [1.54, 1.807) is 16.2 Å². The molecule has 0 spiro atoms. The smallest absolute Gasteiger partial charge is 0.279 e. The van der Waals surface area contributed by atoms with E-state index in [-0.39, 0.29) is 11.4 Å². The fourth-order valence-corrected chi connectivity index (χ4v) is 7.06. The van der Waals surface area contributed by atoms with E-state index < -0.39 is 0 Å². The van der Waals surface area contributed by atoms with Gasteiger partial charge in [0, 0.05) is 12.6 Å². The molecule has 144 valence electrons. The molecule has 6 heteroatoms. The predicted molar refractivity (Wildman–Crippen MR) is 112 cm³/mol. The van der Waals surface area contributed by atoms with E-state index in [1.165, 1.54) is 38.5 Å². The third-order valence-electron chi connectivity index (χ3n) is 7.14. The van der Waals surface area contributed by atoms with Crippen LogP contribution in [0, 0.1) is 17.8 Å². The van der Waals surface area contributed by atoms with E-state index in [1.807, 2.05) is 30.8 Å². The normalized spacial score (nSPS) is 35.2. The molecule has 5 aliphatic rings. The highest BCUT2D eigenvalue weighted by atomic mass is 32.1. The van der Waals surface area contributed by atoms with Crippen molar-refractivity contribution >= 4 is 39.5 Å². The number of amides is 1. The molecule has 2 heterocycles. The highest BCUT2D eigenvalue weighted by molar-refractivity contribution is 7.16. The van der Waals surface area contributed by atoms with Crippen molar-refractivity contribution < 1.29 is 4.79 Å². The molecule has 4 saturated carbocycles. The Hall–Kier alpha value is -2.21. The first-order valence-electron chi connectivity index (χ1n) is 10.3. The Morgan fingerprint density at radius 1 is 1.18 bits per heavy atom. The zero-order valence-electron chi connectivity index (χ0n) is 16.0. The van der Waals surface area contributed by atoms with Crippen molar-refractivity contribution in [2.45, 2.75) is 44.1 Å². The average molecular weight is 393 g/mol. The lowest BCUT2D eigenvalue weighted by Gasteiger charge is -2.57. The molecule has 4 fully saturated rings. The van der Waals surface area contributed by atoms with Gasteiger partial charge in [-0.2, -0.15) is 0 Å². The van der Waals surface area contributed by atoms with Crippen LogP contribution in [0.3, 0.4) is 0 Å². The monoisotopic (exact) mass is 392 g/mol. The van der Waals surface area contributed by atoms with Crippen LogP contribution in [0.25, 0.3) is 16.3 Å². The SMILES string of the molecule is CN1C(=O)/C(=C/c2ccc3ncsc3c2)N=C1NC12CC3CC(CC(C3)C1)C2. The van der Waals surface area contributed by atoms with Crippen molar-refractivity contribution in [2.24, 2.45) is 22.7 Å². The topological polar surface area (TPSA) is 57.6 Å². The minimum absolute atomic E-state index is 0.0309. The summed E-state index contributed by atoms with van der Waals surface area (Å²) in [6.45, 7) is 0. The number of fused-ring (bicyclic) bond motifs is 1. The molecule has 0 unspecified atom stereocenters. The summed E-state index contributed by atoms with van der Waals surface area (Å²) in [5.41, 5.74) is 4.50. The van der Waals surface area contributed by atoms with Crippen LogP contribution in [-0.2, 0) is 4.79 Å². The molecule has 4 aliphatic carbocycles. The van der Waals surface area contributed by atoms with Gasteiger partial charge in [0.2, 0.25) is 5.96 Å². The second kappa shape index (κ2) is 5.89. The number of carbonyl (C=O) groups is 1. The summed E-state index contributed by atoms with van der Waals surface area (Å²) in [5, 5.41) is 3.75. The first kappa shape index (κ1) is 16.7. The second-order valence-electron chi connectivity index (χ2n) is 9.23. The Morgan fingerprint density at radius 3 is 2.61 bits per heavy atom. The number of benzene rings is 1. The summed E-state index contributed by atoms with van der Waals surface area (Å²) in [7, 11) is 1.84. The van der Waals surface area contributed by atoms with Crippen LogP contribution in [0.5, 0.6) is 0 Å². The number of likely N-dealkylation sites (N-methyl/N-ethyl adjacent to an activating group) is 1. The van der Waals surface area contributed by atoms with Gasteiger partial charge in [0.15, 0.2) is 0 Å². The molecular formula is C22H24N4OS.